The number of pyridine rings is 1. The molecular formula is C15H11ClN2O2S. The SMILES string of the molecule is COC(=O)c1sccc1Nc1ccnc2c(Cl)cccc12. The zero-order chi connectivity index (χ0) is 14.8. The van der Waals surface area contributed by atoms with Crippen molar-refractivity contribution in [3.05, 3.63) is 51.8 Å². The van der Waals surface area contributed by atoms with E-state index in [9.17, 15) is 4.79 Å². The van der Waals surface area contributed by atoms with Crippen molar-refractivity contribution in [2.75, 3.05) is 12.4 Å². The highest BCUT2D eigenvalue weighted by molar-refractivity contribution is 7.12. The van der Waals surface area contributed by atoms with Crippen LogP contribution in [0.1, 0.15) is 9.67 Å². The van der Waals surface area contributed by atoms with Crippen LogP contribution in [0.25, 0.3) is 10.9 Å². The van der Waals surface area contributed by atoms with Crippen LogP contribution in [0.5, 0.6) is 0 Å². The van der Waals surface area contributed by atoms with Gasteiger partial charge in [-0.15, -0.1) is 11.3 Å². The number of anilines is 2. The van der Waals surface area contributed by atoms with Crippen molar-refractivity contribution in [1.29, 1.82) is 0 Å². The Balaban J connectivity index is 2.05. The second-order valence-corrected chi connectivity index (χ2v) is 5.60. The van der Waals surface area contributed by atoms with Crippen molar-refractivity contribution in [1.82, 2.24) is 4.98 Å². The third-order valence-electron chi connectivity index (χ3n) is 3.03. The summed E-state index contributed by atoms with van der Waals surface area (Å²) in [5.74, 6) is -0.358. The molecule has 3 rings (SSSR count). The number of benzene rings is 1. The van der Waals surface area contributed by atoms with Gasteiger partial charge in [0, 0.05) is 17.3 Å². The monoisotopic (exact) mass is 318 g/mol. The highest BCUT2D eigenvalue weighted by atomic mass is 35.5. The number of nitrogens with one attached hydrogen (secondary N) is 1. The highest BCUT2D eigenvalue weighted by Crippen LogP contribution is 2.32. The van der Waals surface area contributed by atoms with E-state index in [2.05, 4.69) is 10.3 Å². The van der Waals surface area contributed by atoms with Crippen molar-refractivity contribution < 1.29 is 9.53 Å². The second-order valence-electron chi connectivity index (χ2n) is 4.27. The van der Waals surface area contributed by atoms with E-state index in [-0.39, 0.29) is 5.97 Å². The van der Waals surface area contributed by atoms with E-state index in [1.54, 1.807) is 12.3 Å². The van der Waals surface area contributed by atoms with Crippen molar-refractivity contribution >= 4 is 51.2 Å². The molecule has 2 heterocycles. The first-order valence-corrected chi connectivity index (χ1v) is 7.42. The molecule has 0 atom stereocenters. The molecule has 0 amide bonds. The van der Waals surface area contributed by atoms with E-state index in [0.29, 0.717) is 15.6 Å². The van der Waals surface area contributed by atoms with Crippen LogP contribution >= 0.6 is 22.9 Å². The lowest BCUT2D eigenvalue weighted by molar-refractivity contribution is 0.0607. The summed E-state index contributed by atoms with van der Waals surface area (Å²) in [7, 11) is 1.37. The first-order valence-electron chi connectivity index (χ1n) is 6.17. The summed E-state index contributed by atoms with van der Waals surface area (Å²) in [4.78, 5) is 16.5. The van der Waals surface area contributed by atoms with Gasteiger partial charge < -0.3 is 10.1 Å². The molecule has 0 bridgehead atoms. The molecule has 1 N–H and O–H groups in total. The van der Waals surface area contributed by atoms with Crippen LogP contribution < -0.4 is 5.32 Å². The predicted octanol–water partition coefficient (Wildman–Crippen LogP) is 4.48. The lowest BCUT2D eigenvalue weighted by Gasteiger charge is -2.10. The van der Waals surface area contributed by atoms with Gasteiger partial charge in [0.1, 0.15) is 4.88 Å². The van der Waals surface area contributed by atoms with Gasteiger partial charge in [0.15, 0.2) is 0 Å². The Hall–Kier alpha value is -2.11. The van der Waals surface area contributed by atoms with Crippen LogP contribution in [0.4, 0.5) is 11.4 Å². The molecule has 0 aliphatic carbocycles. The maximum atomic E-state index is 11.7. The van der Waals surface area contributed by atoms with E-state index in [0.717, 1.165) is 16.6 Å². The fraction of sp³-hybridized carbons (Fsp3) is 0.0667. The smallest absolute Gasteiger partial charge is 0.350 e. The van der Waals surface area contributed by atoms with Crippen molar-refractivity contribution in [3.8, 4) is 0 Å². The molecule has 0 radical (unpaired) electrons. The lowest BCUT2D eigenvalue weighted by Crippen LogP contribution is -2.02. The Morgan fingerprint density at radius 2 is 2.14 bits per heavy atom. The van der Waals surface area contributed by atoms with E-state index in [4.69, 9.17) is 16.3 Å². The van der Waals surface area contributed by atoms with Crippen molar-refractivity contribution in [3.63, 3.8) is 0 Å². The van der Waals surface area contributed by atoms with Gasteiger partial charge in [-0.2, -0.15) is 0 Å². The number of methoxy groups -OCH3 is 1. The van der Waals surface area contributed by atoms with Crippen LogP contribution in [0.3, 0.4) is 0 Å². The number of hydrogen-bond acceptors (Lipinski definition) is 5. The minimum absolute atomic E-state index is 0.358. The quantitative estimate of drug-likeness (QED) is 0.723. The standard InChI is InChI=1S/C15H11ClN2O2S/c1-20-15(19)14-12(6-8-21-14)18-11-5-7-17-13-9(11)3-2-4-10(13)16/h2-8H,1H3,(H,17,18). The zero-order valence-electron chi connectivity index (χ0n) is 11.1. The van der Waals surface area contributed by atoms with Crippen LogP contribution in [-0.4, -0.2) is 18.1 Å². The normalized spacial score (nSPS) is 10.6. The second kappa shape index (κ2) is 5.71. The Morgan fingerprint density at radius 1 is 1.29 bits per heavy atom. The summed E-state index contributed by atoms with van der Waals surface area (Å²) < 4.78 is 4.78. The number of fused-ring (bicyclic) bond motifs is 1. The van der Waals surface area contributed by atoms with E-state index in [1.165, 1.54) is 18.4 Å². The topological polar surface area (TPSA) is 51.2 Å². The molecule has 3 aromatic rings. The minimum atomic E-state index is -0.358. The Labute approximate surface area is 130 Å². The minimum Gasteiger partial charge on any atom is -0.465 e. The molecule has 2 aromatic heterocycles. The number of rotatable bonds is 3. The average Bonchev–Trinajstić information content (AvgIpc) is 2.96. The summed E-state index contributed by atoms with van der Waals surface area (Å²) in [6.07, 6.45) is 1.68. The molecule has 1 aromatic carbocycles. The molecule has 0 saturated carbocycles. The first-order chi connectivity index (χ1) is 10.2. The van der Waals surface area contributed by atoms with Crippen LogP contribution in [0.15, 0.2) is 41.9 Å². The van der Waals surface area contributed by atoms with Crippen LogP contribution in [0, 0.1) is 0 Å². The number of carbonyl (C=O) groups is 1. The highest BCUT2D eigenvalue weighted by Gasteiger charge is 2.14. The number of aromatic nitrogens is 1. The molecule has 6 heteroatoms. The third-order valence-corrected chi connectivity index (χ3v) is 4.23. The number of nitrogens with zero attached hydrogens (tertiary/aromatic N) is 1. The summed E-state index contributed by atoms with van der Waals surface area (Å²) >= 11 is 7.48. The third kappa shape index (κ3) is 2.57. The van der Waals surface area contributed by atoms with Crippen molar-refractivity contribution in [2.24, 2.45) is 0 Å². The maximum absolute atomic E-state index is 11.7. The van der Waals surface area contributed by atoms with Gasteiger partial charge in [-0.25, -0.2) is 4.79 Å². The Kier molecular flexibility index (Phi) is 3.77. The van der Waals surface area contributed by atoms with Gasteiger partial charge in [-0.05, 0) is 23.6 Å². The summed E-state index contributed by atoms with van der Waals surface area (Å²) in [5.41, 5.74) is 2.27. The summed E-state index contributed by atoms with van der Waals surface area (Å²) in [6, 6.07) is 9.28. The maximum Gasteiger partial charge on any atom is 0.350 e. The van der Waals surface area contributed by atoms with Crippen LogP contribution in [0.2, 0.25) is 5.02 Å². The number of esters is 1. The molecule has 0 fully saturated rings. The molecule has 0 saturated heterocycles. The molecule has 0 spiro atoms. The Bertz CT molecular complexity index is 816. The van der Waals surface area contributed by atoms with Gasteiger partial charge >= 0.3 is 5.97 Å². The fourth-order valence-electron chi connectivity index (χ4n) is 2.05. The fourth-order valence-corrected chi connectivity index (χ4v) is 3.04. The number of ether oxygens (including phenoxy) is 1. The van der Waals surface area contributed by atoms with E-state index < -0.39 is 0 Å². The first kappa shape index (κ1) is 13.9. The van der Waals surface area contributed by atoms with E-state index >= 15 is 0 Å². The van der Waals surface area contributed by atoms with Gasteiger partial charge in [-0.1, -0.05) is 23.7 Å². The number of carbonyl (C=O) groups excluding carboxylic acids is 1. The average molecular weight is 319 g/mol. The van der Waals surface area contributed by atoms with Gasteiger partial charge in [-0.3, -0.25) is 4.98 Å². The Morgan fingerprint density at radius 3 is 2.95 bits per heavy atom. The van der Waals surface area contributed by atoms with Gasteiger partial charge in [0.05, 0.1) is 23.3 Å². The van der Waals surface area contributed by atoms with E-state index in [1.807, 2.05) is 29.6 Å². The number of halogens is 1. The summed E-state index contributed by atoms with van der Waals surface area (Å²) in [5, 5.41) is 6.57. The lowest BCUT2D eigenvalue weighted by atomic mass is 10.2. The molecule has 0 aliphatic rings. The number of thiophene rings is 1. The number of hydrogen-bond donors (Lipinski definition) is 1. The molecule has 0 unspecified atom stereocenters. The van der Waals surface area contributed by atoms with Gasteiger partial charge in [0.25, 0.3) is 0 Å². The molecular weight excluding hydrogens is 308 g/mol. The molecule has 0 aliphatic heterocycles. The molecule has 106 valence electrons. The predicted molar refractivity (Wildman–Crippen MR) is 85.7 cm³/mol. The zero-order valence-corrected chi connectivity index (χ0v) is 12.7. The largest absolute Gasteiger partial charge is 0.465 e. The van der Waals surface area contributed by atoms with Crippen molar-refractivity contribution in [2.45, 2.75) is 0 Å². The van der Waals surface area contributed by atoms with Gasteiger partial charge in [0.2, 0.25) is 0 Å². The summed E-state index contributed by atoms with van der Waals surface area (Å²) in [6.45, 7) is 0. The van der Waals surface area contributed by atoms with Crippen LogP contribution in [-0.2, 0) is 4.74 Å². The number of para-hydroxylation sites is 1. The molecule has 4 nitrogen and oxygen atoms in total. The molecule has 21 heavy (non-hydrogen) atoms.